The van der Waals surface area contributed by atoms with Crippen molar-refractivity contribution in [1.29, 1.82) is 0 Å². The van der Waals surface area contributed by atoms with Crippen LogP contribution in [0.5, 0.6) is 0 Å². The highest BCUT2D eigenvalue weighted by Gasteiger charge is 2.22. The number of pyridine rings is 1. The van der Waals surface area contributed by atoms with Crippen molar-refractivity contribution < 1.29 is 9.59 Å². The summed E-state index contributed by atoms with van der Waals surface area (Å²) in [5, 5.41) is 2.85. The molecule has 1 aliphatic heterocycles. The molecule has 6 nitrogen and oxygen atoms in total. The lowest BCUT2D eigenvalue weighted by atomic mass is 10.1. The topological polar surface area (TPSA) is 65.5 Å². The predicted octanol–water partition coefficient (Wildman–Crippen LogP) is 1.39. The third kappa shape index (κ3) is 4.76. The van der Waals surface area contributed by atoms with E-state index in [1.807, 2.05) is 4.90 Å². The first-order chi connectivity index (χ1) is 11.2. The number of carbonyl (C=O) groups is 2. The molecule has 1 aromatic rings. The molecule has 1 N–H and O–H groups in total. The van der Waals surface area contributed by atoms with Crippen LogP contribution in [0.4, 0.5) is 0 Å². The Bertz CT molecular complexity index is 539. The van der Waals surface area contributed by atoms with Gasteiger partial charge in [-0.2, -0.15) is 0 Å². The van der Waals surface area contributed by atoms with Crippen LogP contribution in [-0.2, 0) is 0 Å². The smallest absolute Gasteiger partial charge is 0.255 e. The molecule has 23 heavy (non-hydrogen) atoms. The second-order valence-electron chi connectivity index (χ2n) is 5.80. The minimum absolute atomic E-state index is 0.0449. The number of unbranched alkanes of at least 4 members (excludes halogenated alkanes) is 1. The minimum Gasteiger partial charge on any atom is -0.352 e. The van der Waals surface area contributed by atoms with E-state index in [0.29, 0.717) is 17.7 Å². The van der Waals surface area contributed by atoms with Crippen molar-refractivity contribution >= 4 is 11.8 Å². The second kappa shape index (κ2) is 8.62. The molecule has 1 saturated heterocycles. The number of hydrogen-bond acceptors (Lipinski definition) is 4. The number of nitrogens with zero attached hydrogens (tertiary/aromatic N) is 3. The lowest BCUT2D eigenvalue weighted by Crippen LogP contribution is -2.48. The monoisotopic (exact) mass is 318 g/mol. The highest BCUT2D eigenvalue weighted by atomic mass is 16.2. The number of amides is 2. The first kappa shape index (κ1) is 17.4. The lowest BCUT2D eigenvalue weighted by molar-refractivity contribution is 0.0643. The largest absolute Gasteiger partial charge is 0.352 e. The third-order valence-corrected chi connectivity index (χ3v) is 4.17. The Morgan fingerprint density at radius 1 is 1.13 bits per heavy atom. The van der Waals surface area contributed by atoms with E-state index in [0.717, 1.165) is 45.6 Å². The number of aromatic nitrogens is 1. The molecule has 0 radical (unpaired) electrons. The van der Waals surface area contributed by atoms with Crippen LogP contribution in [0.15, 0.2) is 18.5 Å². The summed E-state index contributed by atoms with van der Waals surface area (Å²) < 4.78 is 0. The van der Waals surface area contributed by atoms with E-state index in [9.17, 15) is 9.59 Å². The zero-order valence-corrected chi connectivity index (χ0v) is 14.0. The van der Waals surface area contributed by atoms with Gasteiger partial charge in [-0.25, -0.2) is 0 Å². The highest BCUT2D eigenvalue weighted by Crippen LogP contribution is 2.10. The maximum atomic E-state index is 12.6. The summed E-state index contributed by atoms with van der Waals surface area (Å²) in [5.41, 5.74) is 0.928. The Balaban J connectivity index is 1.98. The van der Waals surface area contributed by atoms with Gasteiger partial charge in [0.1, 0.15) is 0 Å². The van der Waals surface area contributed by atoms with E-state index >= 15 is 0 Å². The fourth-order valence-corrected chi connectivity index (χ4v) is 2.61. The van der Waals surface area contributed by atoms with Crippen LogP contribution in [0.2, 0.25) is 0 Å². The quantitative estimate of drug-likeness (QED) is 0.805. The number of rotatable bonds is 6. The fourth-order valence-electron chi connectivity index (χ4n) is 2.61. The van der Waals surface area contributed by atoms with Gasteiger partial charge < -0.3 is 15.1 Å². The summed E-state index contributed by atoms with van der Waals surface area (Å²) in [5.74, 6) is -0.215. The van der Waals surface area contributed by atoms with Gasteiger partial charge in [0.25, 0.3) is 11.8 Å². The molecule has 0 aliphatic carbocycles. The van der Waals surface area contributed by atoms with E-state index in [1.165, 1.54) is 12.4 Å². The van der Waals surface area contributed by atoms with E-state index < -0.39 is 0 Å². The molecule has 1 fully saturated rings. The average molecular weight is 318 g/mol. The van der Waals surface area contributed by atoms with Gasteiger partial charge in [0.15, 0.2) is 0 Å². The Hall–Kier alpha value is -1.95. The van der Waals surface area contributed by atoms with Crippen LogP contribution >= 0.6 is 0 Å². The van der Waals surface area contributed by atoms with Crippen LogP contribution in [0, 0.1) is 0 Å². The molecule has 0 unspecified atom stereocenters. The van der Waals surface area contributed by atoms with Crippen molar-refractivity contribution in [3.8, 4) is 0 Å². The molecule has 2 rings (SSSR count). The zero-order valence-electron chi connectivity index (χ0n) is 14.0. The summed E-state index contributed by atoms with van der Waals surface area (Å²) in [7, 11) is 0. The Morgan fingerprint density at radius 2 is 1.83 bits per heavy atom. The highest BCUT2D eigenvalue weighted by molar-refractivity contribution is 5.99. The first-order valence-electron chi connectivity index (χ1n) is 8.40. The zero-order chi connectivity index (χ0) is 16.7. The normalized spacial score (nSPS) is 15.5. The van der Waals surface area contributed by atoms with Gasteiger partial charge in [-0.15, -0.1) is 0 Å². The molecular weight excluding hydrogens is 292 g/mol. The summed E-state index contributed by atoms with van der Waals surface area (Å²) in [6, 6.07) is 1.64. The van der Waals surface area contributed by atoms with Gasteiger partial charge in [-0.1, -0.05) is 20.3 Å². The molecule has 0 bridgehead atoms. The molecule has 6 heteroatoms. The van der Waals surface area contributed by atoms with E-state index in [2.05, 4.69) is 29.0 Å². The van der Waals surface area contributed by atoms with Crippen molar-refractivity contribution in [2.75, 3.05) is 39.3 Å². The molecule has 0 atom stereocenters. The fraction of sp³-hybridized carbons (Fsp3) is 0.588. The van der Waals surface area contributed by atoms with Crippen molar-refractivity contribution in [2.24, 2.45) is 0 Å². The van der Waals surface area contributed by atoms with Crippen molar-refractivity contribution in [3.63, 3.8) is 0 Å². The van der Waals surface area contributed by atoms with Crippen molar-refractivity contribution in [3.05, 3.63) is 29.6 Å². The molecule has 2 heterocycles. The lowest BCUT2D eigenvalue weighted by Gasteiger charge is -2.34. The standard InChI is InChI=1S/C17H26N4O2/c1-3-5-6-19-16(22)14-11-15(13-18-12-14)17(23)21-9-7-20(4-2)8-10-21/h11-13H,3-10H2,1-2H3,(H,19,22). The number of likely N-dealkylation sites (N-methyl/N-ethyl adjacent to an activating group) is 1. The number of carbonyl (C=O) groups excluding carboxylic acids is 2. The summed E-state index contributed by atoms with van der Waals surface area (Å²) >= 11 is 0. The van der Waals surface area contributed by atoms with Gasteiger partial charge in [0.05, 0.1) is 11.1 Å². The van der Waals surface area contributed by atoms with Crippen LogP contribution < -0.4 is 5.32 Å². The van der Waals surface area contributed by atoms with Gasteiger partial charge in [0, 0.05) is 45.1 Å². The van der Waals surface area contributed by atoms with Gasteiger partial charge in [-0.3, -0.25) is 14.6 Å². The maximum Gasteiger partial charge on any atom is 0.255 e. The first-order valence-corrected chi connectivity index (χ1v) is 8.40. The molecule has 1 aliphatic rings. The van der Waals surface area contributed by atoms with Gasteiger partial charge in [-0.05, 0) is 19.0 Å². The molecule has 0 aromatic carbocycles. The molecule has 0 spiro atoms. The van der Waals surface area contributed by atoms with E-state index in [4.69, 9.17) is 0 Å². The molecular formula is C17H26N4O2. The molecule has 126 valence electrons. The molecule has 0 saturated carbocycles. The van der Waals surface area contributed by atoms with Crippen molar-refractivity contribution in [1.82, 2.24) is 20.1 Å². The number of nitrogens with one attached hydrogen (secondary N) is 1. The summed E-state index contributed by atoms with van der Waals surface area (Å²) in [6.45, 7) is 9.09. The van der Waals surface area contributed by atoms with Crippen LogP contribution in [0.3, 0.4) is 0 Å². The summed E-state index contributed by atoms with van der Waals surface area (Å²) in [6.07, 6.45) is 5.02. The average Bonchev–Trinajstić information content (AvgIpc) is 2.61. The van der Waals surface area contributed by atoms with Crippen LogP contribution in [0.25, 0.3) is 0 Å². The van der Waals surface area contributed by atoms with E-state index in [1.54, 1.807) is 6.07 Å². The minimum atomic E-state index is -0.170. The Kier molecular flexibility index (Phi) is 6.52. The van der Waals surface area contributed by atoms with Crippen LogP contribution in [-0.4, -0.2) is 65.9 Å². The number of hydrogen-bond donors (Lipinski definition) is 1. The SMILES string of the molecule is CCCCNC(=O)c1cncc(C(=O)N2CCN(CC)CC2)c1. The Morgan fingerprint density at radius 3 is 2.48 bits per heavy atom. The summed E-state index contributed by atoms with van der Waals surface area (Å²) in [4.78, 5) is 32.9. The second-order valence-corrected chi connectivity index (χ2v) is 5.80. The van der Waals surface area contributed by atoms with Gasteiger partial charge >= 0.3 is 0 Å². The van der Waals surface area contributed by atoms with Crippen LogP contribution in [0.1, 0.15) is 47.4 Å². The van der Waals surface area contributed by atoms with E-state index in [-0.39, 0.29) is 11.8 Å². The maximum absolute atomic E-state index is 12.6. The third-order valence-electron chi connectivity index (χ3n) is 4.17. The van der Waals surface area contributed by atoms with Crippen molar-refractivity contribution in [2.45, 2.75) is 26.7 Å². The number of piperazine rings is 1. The van der Waals surface area contributed by atoms with Gasteiger partial charge in [0.2, 0.25) is 0 Å². The molecule has 2 amide bonds. The molecule has 1 aromatic heterocycles. The predicted molar refractivity (Wildman–Crippen MR) is 89.5 cm³/mol. The Labute approximate surface area is 137 Å².